The van der Waals surface area contributed by atoms with Gasteiger partial charge in [0.2, 0.25) is 5.91 Å². The average molecular weight is 388 g/mol. The van der Waals surface area contributed by atoms with Crippen molar-refractivity contribution in [3.8, 4) is 5.75 Å². The summed E-state index contributed by atoms with van der Waals surface area (Å²) in [7, 11) is 0. The molecular weight excluding hydrogens is 350 g/mol. The highest BCUT2D eigenvalue weighted by Crippen LogP contribution is 2.28. The number of piperazine rings is 1. The number of nitrogens with one attached hydrogen (secondary N) is 1. The van der Waals surface area contributed by atoms with E-state index in [1.807, 2.05) is 11.8 Å². The van der Waals surface area contributed by atoms with Gasteiger partial charge in [-0.1, -0.05) is 13.0 Å². The maximum Gasteiger partial charge on any atom is 0.236 e. The van der Waals surface area contributed by atoms with Gasteiger partial charge in [0.1, 0.15) is 5.75 Å². The standard InChI is InChI=1S/C23H37N3O2/c1-3-12-25(13-5-6-14-26-15-11-24-18-23(26)27)21-9-7-20-17-22(28-4-2)10-8-19(20)16-21/h8,10,17,21,24H,3-7,9,11-16,18H2,1-2H3. The monoisotopic (exact) mass is 387 g/mol. The molecule has 3 rings (SSSR count). The van der Waals surface area contributed by atoms with Gasteiger partial charge in [-0.25, -0.2) is 0 Å². The van der Waals surface area contributed by atoms with E-state index in [0.29, 0.717) is 12.6 Å². The molecule has 1 N–H and O–H groups in total. The van der Waals surface area contributed by atoms with Crippen LogP contribution < -0.4 is 10.1 Å². The Kier molecular flexibility index (Phi) is 8.16. The number of unbranched alkanes of at least 4 members (excludes halogenated alkanes) is 1. The zero-order valence-electron chi connectivity index (χ0n) is 17.7. The fourth-order valence-corrected chi connectivity index (χ4v) is 4.54. The van der Waals surface area contributed by atoms with E-state index in [1.54, 1.807) is 0 Å². The molecule has 1 heterocycles. The van der Waals surface area contributed by atoms with E-state index >= 15 is 0 Å². The average Bonchev–Trinajstić information content (AvgIpc) is 2.71. The van der Waals surface area contributed by atoms with Gasteiger partial charge in [-0.3, -0.25) is 4.79 Å². The molecule has 1 aromatic rings. The summed E-state index contributed by atoms with van der Waals surface area (Å²) >= 11 is 0. The Bertz CT molecular complexity index is 634. The number of rotatable bonds is 10. The predicted molar refractivity (Wildman–Crippen MR) is 114 cm³/mol. The molecule has 5 nitrogen and oxygen atoms in total. The van der Waals surface area contributed by atoms with Crippen LogP contribution in [0.1, 0.15) is 50.7 Å². The van der Waals surface area contributed by atoms with Crippen LogP contribution >= 0.6 is 0 Å². The lowest BCUT2D eigenvalue weighted by atomic mass is 9.87. The third kappa shape index (κ3) is 5.71. The van der Waals surface area contributed by atoms with Crippen LogP contribution in [0.15, 0.2) is 18.2 Å². The van der Waals surface area contributed by atoms with Crippen LogP contribution in [-0.2, 0) is 17.6 Å². The first kappa shape index (κ1) is 21.1. The Balaban J connectivity index is 1.49. The van der Waals surface area contributed by atoms with Crippen molar-refractivity contribution in [3.63, 3.8) is 0 Å². The molecule has 2 aliphatic rings. The van der Waals surface area contributed by atoms with Gasteiger partial charge in [0, 0.05) is 25.7 Å². The topological polar surface area (TPSA) is 44.8 Å². The Morgan fingerprint density at radius 1 is 1.21 bits per heavy atom. The second kappa shape index (κ2) is 10.8. The molecule has 0 aromatic heterocycles. The smallest absolute Gasteiger partial charge is 0.236 e. The number of fused-ring (bicyclic) bond motifs is 1. The summed E-state index contributed by atoms with van der Waals surface area (Å²) in [6, 6.07) is 7.28. The molecular formula is C23H37N3O2. The number of hydrogen-bond acceptors (Lipinski definition) is 4. The van der Waals surface area contributed by atoms with Crippen LogP contribution in [0, 0.1) is 0 Å². The fraction of sp³-hybridized carbons (Fsp3) is 0.696. The number of carbonyl (C=O) groups excluding carboxylic acids is 1. The van der Waals surface area contributed by atoms with Gasteiger partial charge in [-0.2, -0.15) is 0 Å². The molecule has 1 saturated heterocycles. The summed E-state index contributed by atoms with van der Waals surface area (Å²) in [5, 5.41) is 3.14. The van der Waals surface area contributed by atoms with E-state index in [4.69, 9.17) is 4.74 Å². The summed E-state index contributed by atoms with van der Waals surface area (Å²) in [6.07, 6.45) is 7.01. The molecule has 0 spiro atoms. The van der Waals surface area contributed by atoms with Crippen LogP contribution in [-0.4, -0.2) is 67.6 Å². The number of amides is 1. The van der Waals surface area contributed by atoms with Gasteiger partial charge in [0.25, 0.3) is 0 Å². The summed E-state index contributed by atoms with van der Waals surface area (Å²) in [4.78, 5) is 16.6. The Morgan fingerprint density at radius 3 is 2.89 bits per heavy atom. The number of aryl methyl sites for hydroxylation is 1. The van der Waals surface area contributed by atoms with Crippen LogP contribution in [0.4, 0.5) is 0 Å². The van der Waals surface area contributed by atoms with Gasteiger partial charge in [0.15, 0.2) is 0 Å². The quantitative estimate of drug-likeness (QED) is 0.627. The first-order valence-corrected chi connectivity index (χ1v) is 11.2. The highest BCUT2D eigenvalue weighted by Gasteiger charge is 2.24. The molecule has 1 atom stereocenters. The van der Waals surface area contributed by atoms with Crippen LogP contribution in [0.25, 0.3) is 0 Å². The molecule has 1 fully saturated rings. The minimum Gasteiger partial charge on any atom is -0.494 e. The SMILES string of the molecule is CCCN(CCCCN1CCNCC1=O)C1CCc2cc(OCC)ccc2C1. The molecule has 5 heteroatoms. The second-order valence-corrected chi connectivity index (χ2v) is 8.06. The van der Waals surface area contributed by atoms with Crippen molar-refractivity contribution in [2.45, 2.75) is 58.4 Å². The third-order valence-electron chi connectivity index (χ3n) is 6.03. The van der Waals surface area contributed by atoms with Crippen molar-refractivity contribution in [1.82, 2.24) is 15.1 Å². The minimum absolute atomic E-state index is 0.256. The number of ether oxygens (including phenoxy) is 1. The first-order chi connectivity index (χ1) is 13.7. The van der Waals surface area contributed by atoms with Crippen molar-refractivity contribution in [3.05, 3.63) is 29.3 Å². The second-order valence-electron chi connectivity index (χ2n) is 8.06. The van der Waals surface area contributed by atoms with Crippen LogP contribution in [0.2, 0.25) is 0 Å². The molecule has 156 valence electrons. The lowest BCUT2D eigenvalue weighted by Gasteiger charge is -2.35. The normalized spacial score (nSPS) is 19.8. The van der Waals surface area contributed by atoms with E-state index in [2.05, 4.69) is 35.3 Å². The van der Waals surface area contributed by atoms with Gasteiger partial charge in [0.05, 0.1) is 13.2 Å². The molecule has 1 aromatic carbocycles. The van der Waals surface area contributed by atoms with Crippen molar-refractivity contribution in [2.24, 2.45) is 0 Å². The molecule has 0 saturated carbocycles. The maximum atomic E-state index is 11.9. The Morgan fingerprint density at radius 2 is 2.11 bits per heavy atom. The predicted octanol–water partition coefficient (Wildman–Crippen LogP) is 2.87. The zero-order chi connectivity index (χ0) is 19.8. The van der Waals surface area contributed by atoms with Crippen molar-refractivity contribution < 1.29 is 9.53 Å². The van der Waals surface area contributed by atoms with Crippen molar-refractivity contribution in [1.29, 1.82) is 0 Å². The van der Waals surface area contributed by atoms with Crippen molar-refractivity contribution >= 4 is 5.91 Å². The third-order valence-corrected chi connectivity index (χ3v) is 6.03. The number of benzene rings is 1. The van der Waals surface area contributed by atoms with E-state index in [9.17, 15) is 4.79 Å². The zero-order valence-corrected chi connectivity index (χ0v) is 17.7. The number of nitrogens with zero attached hydrogens (tertiary/aromatic N) is 2. The largest absolute Gasteiger partial charge is 0.494 e. The van der Waals surface area contributed by atoms with Gasteiger partial charge < -0.3 is 19.9 Å². The molecule has 1 aliphatic heterocycles. The molecule has 0 radical (unpaired) electrons. The molecule has 28 heavy (non-hydrogen) atoms. The van der Waals surface area contributed by atoms with Crippen LogP contribution in [0.3, 0.4) is 0 Å². The van der Waals surface area contributed by atoms with Crippen LogP contribution in [0.5, 0.6) is 5.75 Å². The number of hydrogen-bond donors (Lipinski definition) is 1. The molecule has 1 amide bonds. The first-order valence-electron chi connectivity index (χ1n) is 11.2. The van der Waals surface area contributed by atoms with E-state index in [1.165, 1.54) is 36.9 Å². The van der Waals surface area contributed by atoms with E-state index in [-0.39, 0.29) is 5.91 Å². The number of carbonyl (C=O) groups is 1. The lowest BCUT2D eigenvalue weighted by Crippen LogP contribution is -2.48. The van der Waals surface area contributed by atoms with Gasteiger partial charge >= 0.3 is 0 Å². The highest BCUT2D eigenvalue weighted by molar-refractivity contribution is 5.78. The van der Waals surface area contributed by atoms with E-state index in [0.717, 1.165) is 57.8 Å². The molecule has 1 aliphatic carbocycles. The van der Waals surface area contributed by atoms with Crippen molar-refractivity contribution in [2.75, 3.05) is 45.9 Å². The maximum absolute atomic E-state index is 11.9. The Hall–Kier alpha value is -1.59. The summed E-state index contributed by atoms with van der Waals surface area (Å²) in [6.45, 7) is 10.6. The Labute approximate surface area is 170 Å². The minimum atomic E-state index is 0.256. The summed E-state index contributed by atoms with van der Waals surface area (Å²) in [5.41, 5.74) is 2.96. The summed E-state index contributed by atoms with van der Waals surface area (Å²) < 4.78 is 5.67. The molecule has 0 bridgehead atoms. The van der Waals surface area contributed by atoms with Gasteiger partial charge in [-0.15, -0.1) is 0 Å². The highest BCUT2D eigenvalue weighted by atomic mass is 16.5. The summed E-state index contributed by atoms with van der Waals surface area (Å²) in [5.74, 6) is 1.26. The van der Waals surface area contributed by atoms with E-state index < -0.39 is 0 Å². The fourth-order valence-electron chi connectivity index (χ4n) is 4.54. The lowest BCUT2D eigenvalue weighted by molar-refractivity contribution is -0.131. The van der Waals surface area contributed by atoms with Gasteiger partial charge in [-0.05, 0) is 81.8 Å². The molecule has 1 unspecified atom stereocenters.